The first kappa shape index (κ1) is 18.4. The Morgan fingerprint density at radius 2 is 1.80 bits per heavy atom. The largest absolute Gasteiger partial charge is 0.479 e. The number of benzene rings is 2. The van der Waals surface area contributed by atoms with Crippen LogP contribution in [0.3, 0.4) is 0 Å². The minimum absolute atomic E-state index is 0.0786. The van der Waals surface area contributed by atoms with Crippen LogP contribution in [-0.4, -0.2) is 22.8 Å². The van der Waals surface area contributed by atoms with Gasteiger partial charge in [-0.3, -0.25) is 10.1 Å². The fourth-order valence-electron chi connectivity index (χ4n) is 1.74. The van der Waals surface area contributed by atoms with Crippen LogP contribution in [0.5, 0.6) is 5.75 Å². The van der Waals surface area contributed by atoms with Crippen molar-refractivity contribution < 1.29 is 19.3 Å². The average Bonchev–Trinajstić information content (AvgIpc) is 2.61. The Morgan fingerprint density at radius 3 is 2.36 bits per heavy atom. The van der Waals surface area contributed by atoms with E-state index in [2.05, 4.69) is 21.1 Å². The Bertz CT molecular complexity index is 790. The van der Waals surface area contributed by atoms with E-state index >= 15 is 0 Å². The smallest absolute Gasteiger partial charge is 0.374 e. The van der Waals surface area contributed by atoms with Gasteiger partial charge in [0.25, 0.3) is 5.69 Å². The van der Waals surface area contributed by atoms with Gasteiger partial charge in [-0.2, -0.15) is 0 Å². The van der Waals surface area contributed by atoms with Gasteiger partial charge in [-0.05, 0) is 43.3 Å². The lowest BCUT2D eigenvalue weighted by atomic mass is 10.2. The Balaban J connectivity index is 1.95. The van der Waals surface area contributed by atoms with Crippen molar-refractivity contribution in [3.8, 4) is 5.75 Å². The third kappa shape index (κ3) is 5.28. The summed E-state index contributed by atoms with van der Waals surface area (Å²) in [5, 5.41) is 14.1. The molecule has 0 radical (unpaired) electrons. The molecule has 9 heteroatoms. The van der Waals surface area contributed by atoms with Crippen LogP contribution in [0.15, 0.2) is 58.2 Å². The molecule has 8 nitrogen and oxygen atoms in total. The van der Waals surface area contributed by atoms with E-state index < -0.39 is 17.0 Å². The first-order chi connectivity index (χ1) is 11.9. The number of nitrogens with two attached hydrogens (primary N) is 1. The molecular formula is C16H14BrN3O5. The number of ether oxygens (including phenoxy) is 1. The monoisotopic (exact) mass is 407 g/mol. The third-order valence-electron chi connectivity index (χ3n) is 3.07. The maximum absolute atomic E-state index is 11.9. The van der Waals surface area contributed by atoms with Gasteiger partial charge in [-0.25, -0.2) is 4.79 Å². The highest BCUT2D eigenvalue weighted by atomic mass is 79.9. The van der Waals surface area contributed by atoms with Gasteiger partial charge >= 0.3 is 5.97 Å². The number of carbonyl (C=O) groups excluding carboxylic acids is 1. The summed E-state index contributed by atoms with van der Waals surface area (Å²) in [6.45, 7) is 1.52. The topological polar surface area (TPSA) is 117 Å². The standard InChI is InChI=1S/C16H14BrN3O5/c1-10(24-14-8-4-12(17)5-9-14)16(21)25-19-15(18)11-2-6-13(7-3-11)20(22)23/h2-10H,1H3,(H2,18,19)/t10-/m1/s1. The molecule has 130 valence electrons. The number of oxime groups is 1. The predicted octanol–water partition coefficient (Wildman–Crippen LogP) is 2.99. The first-order valence-electron chi connectivity index (χ1n) is 7.08. The van der Waals surface area contributed by atoms with Crippen LogP contribution in [0.25, 0.3) is 0 Å². The number of hydrogen-bond donors (Lipinski definition) is 1. The Kier molecular flexibility index (Phi) is 6.07. The molecule has 2 rings (SSSR count). The number of non-ortho nitro benzene ring substituents is 1. The van der Waals surface area contributed by atoms with E-state index in [9.17, 15) is 14.9 Å². The second-order valence-electron chi connectivity index (χ2n) is 4.90. The minimum Gasteiger partial charge on any atom is -0.479 e. The molecule has 0 aliphatic rings. The van der Waals surface area contributed by atoms with Crippen molar-refractivity contribution in [3.05, 3.63) is 68.7 Å². The zero-order chi connectivity index (χ0) is 18.4. The molecule has 25 heavy (non-hydrogen) atoms. The molecule has 0 fully saturated rings. The highest BCUT2D eigenvalue weighted by Crippen LogP contribution is 2.17. The van der Waals surface area contributed by atoms with Gasteiger partial charge in [0, 0.05) is 22.2 Å². The van der Waals surface area contributed by atoms with Gasteiger partial charge in [0.2, 0.25) is 0 Å². The quantitative estimate of drug-likeness (QED) is 0.258. The van der Waals surface area contributed by atoms with Crippen LogP contribution < -0.4 is 10.5 Å². The zero-order valence-electron chi connectivity index (χ0n) is 13.1. The van der Waals surface area contributed by atoms with Gasteiger partial charge in [0.05, 0.1) is 4.92 Å². The molecule has 0 aliphatic heterocycles. The highest BCUT2D eigenvalue weighted by molar-refractivity contribution is 9.10. The molecule has 0 unspecified atom stereocenters. The van der Waals surface area contributed by atoms with Crippen LogP contribution in [-0.2, 0) is 9.63 Å². The lowest BCUT2D eigenvalue weighted by Crippen LogP contribution is -2.26. The molecule has 0 heterocycles. The number of nitro groups is 1. The zero-order valence-corrected chi connectivity index (χ0v) is 14.7. The van der Waals surface area contributed by atoms with Crippen molar-refractivity contribution >= 4 is 33.4 Å². The number of hydrogen-bond acceptors (Lipinski definition) is 6. The van der Waals surface area contributed by atoms with Gasteiger partial charge < -0.3 is 15.3 Å². The average molecular weight is 408 g/mol. The SMILES string of the molecule is C[C@@H](Oc1ccc(Br)cc1)C(=O)O/N=C(/N)c1ccc([N+](=O)[O-])cc1. The molecule has 0 aromatic heterocycles. The predicted molar refractivity (Wildman–Crippen MR) is 94.1 cm³/mol. The Morgan fingerprint density at radius 1 is 1.20 bits per heavy atom. The van der Waals surface area contributed by atoms with Crippen molar-refractivity contribution in [2.24, 2.45) is 10.9 Å². The second kappa shape index (κ2) is 8.25. The van der Waals surface area contributed by atoms with Crippen LogP contribution in [0.2, 0.25) is 0 Å². The summed E-state index contributed by atoms with van der Waals surface area (Å²) < 4.78 is 6.32. The number of nitro benzene ring substituents is 1. The Hall–Kier alpha value is -2.94. The lowest BCUT2D eigenvalue weighted by molar-refractivity contribution is -0.384. The molecule has 0 aliphatic carbocycles. The molecule has 2 aromatic rings. The highest BCUT2D eigenvalue weighted by Gasteiger charge is 2.17. The van der Waals surface area contributed by atoms with Gasteiger partial charge in [-0.15, -0.1) is 0 Å². The van der Waals surface area contributed by atoms with Crippen LogP contribution >= 0.6 is 15.9 Å². The van der Waals surface area contributed by atoms with Gasteiger partial charge in [-0.1, -0.05) is 21.1 Å². The summed E-state index contributed by atoms with van der Waals surface area (Å²) in [7, 11) is 0. The fraction of sp³-hybridized carbons (Fsp3) is 0.125. The number of amidine groups is 1. The van der Waals surface area contributed by atoms with Crippen molar-refractivity contribution in [1.82, 2.24) is 0 Å². The van der Waals surface area contributed by atoms with E-state index in [0.717, 1.165) is 4.47 Å². The van der Waals surface area contributed by atoms with Crippen molar-refractivity contribution in [3.63, 3.8) is 0 Å². The minimum atomic E-state index is -0.894. The fourth-order valence-corrected chi connectivity index (χ4v) is 2.00. The summed E-state index contributed by atoms with van der Waals surface area (Å²) in [4.78, 5) is 26.7. The molecular weight excluding hydrogens is 394 g/mol. The lowest BCUT2D eigenvalue weighted by Gasteiger charge is -2.11. The summed E-state index contributed by atoms with van der Waals surface area (Å²) in [6.07, 6.45) is -0.894. The maximum atomic E-state index is 11.9. The van der Waals surface area contributed by atoms with Gasteiger partial charge in [0.1, 0.15) is 5.75 Å². The summed E-state index contributed by atoms with van der Waals surface area (Å²) in [5.74, 6) is -0.313. The van der Waals surface area contributed by atoms with E-state index in [1.54, 1.807) is 24.3 Å². The molecule has 2 N–H and O–H groups in total. The van der Waals surface area contributed by atoms with Crippen LogP contribution in [0.1, 0.15) is 12.5 Å². The number of carbonyl (C=O) groups is 1. The summed E-state index contributed by atoms with van der Waals surface area (Å²) >= 11 is 3.30. The van der Waals surface area contributed by atoms with Crippen molar-refractivity contribution in [2.75, 3.05) is 0 Å². The number of rotatable bonds is 6. The Labute approximate surface area is 151 Å². The van der Waals surface area contributed by atoms with E-state index in [1.165, 1.54) is 31.2 Å². The van der Waals surface area contributed by atoms with Gasteiger partial charge in [0.15, 0.2) is 11.9 Å². The third-order valence-corrected chi connectivity index (χ3v) is 3.59. The molecule has 2 aromatic carbocycles. The maximum Gasteiger partial charge on any atom is 0.374 e. The number of nitrogens with zero attached hydrogens (tertiary/aromatic N) is 2. The summed E-state index contributed by atoms with van der Waals surface area (Å²) in [5.41, 5.74) is 6.01. The molecule has 1 atom stereocenters. The summed E-state index contributed by atoms with van der Waals surface area (Å²) in [6, 6.07) is 12.3. The van der Waals surface area contributed by atoms with E-state index in [0.29, 0.717) is 11.3 Å². The second-order valence-corrected chi connectivity index (χ2v) is 5.82. The normalized spacial score (nSPS) is 12.3. The molecule has 0 spiro atoms. The van der Waals surface area contributed by atoms with E-state index in [-0.39, 0.29) is 11.5 Å². The molecule has 0 bridgehead atoms. The van der Waals surface area contributed by atoms with Crippen LogP contribution in [0, 0.1) is 10.1 Å². The molecule has 0 saturated carbocycles. The van der Waals surface area contributed by atoms with E-state index in [4.69, 9.17) is 15.3 Å². The molecule has 0 saturated heterocycles. The molecule has 0 amide bonds. The van der Waals surface area contributed by atoms with E-state index in [1.807, 2.05) is 0 Å². The first-order valence-corrected chi connectivity index (χ1v) is 7.87. The number of halogens is 1. The van der Waals surface area contributed by atoms with Crippen LogP contribution in [0.4, 0.5) is 5.69 Å². The van der Waals surface area contributed by atoms with Crippen molar-refractivity contribution in [1.29, 1.82) is 0 Å². The van der Waals surface area contributed by atoms with Crippen molar-refractivity contribution in [2.45, 2.75) is 13.0 Å².